The Labute approximate surface area is 131 Å². The van der Waals surface area contributed by atoms with Gasteiger partial charge in [-0.05, 0) is 26.0 Å². The van der Waals surface area contributed by atoms with Crippen LogP contribution in [0.5, 0.6) is 0 Å². The second-order valence-corrected chi connectivity index (χ2v) is 7.54. The molecule has 2 rings (SSSR count). The molecule has 0 bridgehead atoms. The molecule has 0 aliphatic heterocycles. The molecule has 0 fully saturated rings. The largest absolute Gasteiger partial charge is 0.481 e. The van der Waals surface area contributed by atoms with Crippen LogP contribution in [0, 0.1) is 11.6 Å². The van der Waals surface area contributed by atoms with E-state index in [9.17, 15) is 22.0 Å². The van der Waals surface area contributed by atoms with E-state index < -0.39 is 39.3 Å². The standard InChI is InChI=1S/C14H14F2N2O4S/c1-8(2)23(21,22)18-7-10(6-17-18)11-5-12(15)9(3-13(11)16)4-14(19)20/h3,5-8H,4H2,1-2H3,(H,19,20). The Morgan fingerprint density at radius 1 is 1.30 bits per heavy atom. The lowest BCUT2D eigenvalue weighted by Gasteiger charge is -2.07. The van der Waals surface area contributed by atoms with Crippen LogP contribution in [-0.4, -0.2) is 33.9 Å². The average molecular weight is 344 g/mol. The summed E-state index contributed by atoms with van der Waals surface area (Å²) < 4.78 is 52.6. The molecular formula is C14H14F2N2O4S. The molecule has 1 heterocycles. The highest BCUT2D eigenvalue weighted by Crippen LogP contribution is 2.26. The van der Waals surface area contributed by atoms with Crippen molar-refractivity contribution >= 4 is 16.0 Å². The topological polar surface area (TPSA) is 89.3 Å². The van der Waals surface area contributed by atoms with E-state index in [2.05, 4.69) is 5.10 Å². The smallest absolute Gasteiger partial charge is 0.307 e. The molecular weight excluding hydrogens is 330 g/mol. The molecule has 0 spiro atoms. The zero-order valence-corrected chi connectivity index (χ0v) is 13.1. The molecule has 6 nitrogen and oxygen atoms in total. The molecule has 0 radical (unpaired) electrons. The van der Waals surface area contributed by atoms with E-state index in [0.29, 0.717) is 4.09 Å². The monoisotopic (exact) mass is 344 g/mol. The maximum Gasteiger partial charge on any atom is 0.307 e. The molecule has 0 unspecified atom stereocenters. The van der Waals surface area contributed by atoms with Crippen molar-refractivity contribution in [2.24, 2.45) is 0 Å². The molecule has 0 amide bonds. The normalized spacial score (nSPS) is 11.9. The first-order valence-electron chi connectivity index (χ1n) is 6.62. The number of rotatable bonds is 5. The van der Waals surface area contributed by atoms with Crippen molar-refractivity contribution in [1.82, 2.24) is 9.19 Å². The van der Waals surface area contributed by atoms with Gasteiger partial charge in [0.1, 0.15) is 11.6 Å². The first-order valence-corrected chi connectivity index (χ1v) is 8.12. The molecule has 0 aliphatic rings. The summed E-state index contributed by atoms with van der Waals surface area (Å²) in [6.07, 6.45) is 1.54. The fraction of sp³-hybridized carbons (Fsp3) is 0.286. The maximum atomic E-state index is 14.1. The third-order valence-corrected chi connectivity index (χ3v) is 5.12. The van der Waals surface area contributed by atoms with E-state index in [-0.39, 0.29) is 16.7 Å². The predicted octanol–water partition coefficient (Wildman–Crippen LogP) is 2.04. The van der Waals surface area contributed by atoms with Crippen LogP contribution in [-0.2, 0) is 21.2 Å². The van der Waals surface area contributed by atoms with Gasteiger partial charge in [0.2, 0.25) is 0 Å². The van der Waals surface area contributed by atoms with Gasteiger partial charge in [0, 0.05) is 16.7 Å². The van der Waals surface area contributed by atoms with Gasteiger partial charge in [-0.3, -0.25) is 4.79 Å². The van der Waals surface area contributed by atoms with E-state index in [0.717, 1.165) is 24.5 Å². The van der Waals surface area contributed by atoms with E-state index in [1.807, 2.05) is 0 Å². The van der Waals surface area contributed by atoms with Crippen LogP contribution in [0.1, 0.15) is 19.4 Å². The Morgan fingerprint density at radius 3 is 2.52 bits per heavy atom. The number of carbonyl (C=O) groups is 1. The summed E-state index contributed by atoms with van der Waals surface area (Å²) in [5.41, 5.74) is -0.407. The number of carboxylic acids is 1. The summed E-state index contributed by atoms with van der Waals surface area (Å²) in [6.45, 7) is 2.94. The first kappa shape index (κ1) is 17.1. The highest BCUT2D eigenvalue weighted by atomic mass is 32.2. The van der Waals surface area contributed by atoms with E-state index in [4.69, 9.17) is 5.11 Å². The molecule has 9 heteroatoms. The number of nitrogens with zero attached hydrogens (tertiary/aromatic N) is 2. The van der Waals surface area contributed by atoms with Crippen LogP contribution < -0.4 is 0 Å². The van der Waals surface area contributed by atoms with Gasteiger partial charge in [0.05, 0.1) is 24.1 Å². The van der Waals surface area contributed by atoms with Gasteiger partial charge >= 0.3 is 5.97 Å². The summed E-state index contributed by atoms with van der Waals surface area (Å²) in [6, 6.07) is 1.62. The van der Waals surface area contributed by atoms with Crippen molar-refractivity contribution in [1.29, 1.82) is 0 Å². The summed E-state index contributed by atoms with van der Waals surface area (Å²) >= 11 is 0. The van der Waals surface area contributed by atoms with Crippen molar-refractivity contribution in [3.05, 3.63) is 41.7 Å². The van der Waals surface area contributed by atoms with Crippen molar-refractivity contribution in [3.8, 4) is 11.1 Å². The molecule has 0 atom stereocenters. The summed E-state index contributed by atoms with van der Waals surface area (Å²) in [5, 5.41) is 11.6. The molecule has 1 N–H and O–H groups in total. The molecule has 23 heavy (non-hydrogen) atoms. The van der Waals surface area contributed by atoms with Gasteiger partial charge in [-0.1, -0.05) is 0 Å². The molecule has 1 aromatic heterocycles. The quantitative estimate of drug-likeness (QED) is 0.896. The first-order chi connectivity index (χ1) is 10.6. The number of hydrogen-bond acceptors (Lipinski definition) is 4. The number of aliphatic carboxylic acids is 1. The second kappa shape index (κ2) is 6.07. The van der Waals surface area contributed by atoms with Gasteiger partial charge in [-0.2, -0.15) is 9.19 Å². The number of halogens is 2. The Bertz CT molecular complexity index is 860. The minimum atomic E-state index is -3.70. The maximum absolute atomic E-state index is 14.1. The van der Waals surface area contributed by atoms with Crippen LogP contribution >= 0.6 is 0 Å². The number of aromatic nitrogens is 2. The minimum absolute atomic E-state index is 0.0764. The number of benzene rings is 1. The van der Waals surface area contributed by atoms with Crippen LogP contribution in [0.4, 0.5) is 8.78 Å². The predicted molar refractivity (Wildman–Crippen MR) is 78.4 cm³/mol. The molecule has 2 aromatic rings. The van der Waals surface area contributed by atoms with Crippen LogP contribution in [0.3, 0.4) is 0 Å². The van der Waals surface area contributed by atoms with Gasteiger partial charge in [0.15, 0.2) is 0 Å². The lowest BCUT2D eigenvalue weighted by atomic mass is 10.0. The van der Waals surface area contributed by atoms with Crippen molar-refractivity contribution in [2.75, 3.05) is 0 Å². The van der Waals surface area contributed by atoms with Crippen LogP contribution in [0.2, 0.25) is 0 Å². The van der Waals surface area contributed by atoms with Crippen molar-refractivity contribution in [3.63, 3.8) is 0 Å². The van der Waals surface area contributed by atoms with Crippen molar-refractivity contribution in [2.45, 2.75) is 25.5 Å². The minimum Gasteiger partial charge on any atom is -0.481 e. The van der Waals surface area contributed by atoms with Gasteiger partial charge in [0.25, 0.3) is 10.0 Å². The summed E-state index contributed by atoms with van der Waals surface area (Å²) in [7, 11) is -3.70. The third kappa shape index (κ3) is 3.39. The number of hydrogen-bond donors (Lipinski definition) is 1. The Balaban J connectivity index is 2.46. The average Bonchev–Trinajstić information content (AvgIpc) is 2.91. The van der Waals surface area contributed by atoms with Crippen LogP contribution in [0.15, 0.2) is 24.5 Å². The van der Waals surface area contributed by atoms with Gasteiger partial charge in [-0.15, -0.1) is 0 Å². The third-order valence-electron chi connectivity index (χ3n) is 3.21. The zero-order valence-electron chi connectivity index (χ0n) is 12.3. The zero-order chi connectivity index (χ0) is 17.4. The fourth-order valence-electron chi connectivity index (χ4n) is 1.91. The summed E-state index contributed by atoms with van der Waals surface area (Å²) in [4.78, 5) is 10.6. The lowest BCUT2D eigenvalue weighted by molar-refractivity contribution is -0.136. The van der Waals surface area contributed by atoms with E-state index in [1.54, 1.807) is 0 Å². The van der Waals surface area contributed by atoms with E-state index in [1.165, 1.54) is 13.8 Å². The SMILES string of the molecule is CC(C)S(=O)(=O)n1cc(-c2cc(F)c(CC(=O)O)cc2F)cn1. The Hall–Kier alpha value is -2.29. The molecule has 124 valence electrons. The molecule has 0 saturated carbocycles. The highest BCUT2D eigenvalue weighted by molar-refractivity contribution is 7.90. The van der Waals surface area contributed by atoms with E-state index >= 15 is 0 Å². The number of carboxylic acid groups (broad SMARTS) is 1. The van der Waals surface area contributed by atoms with Gasteiger partial charge < -0.3 is 5.11 Å². The molecule has 0 aliphatic carbocycles. The van der Waals surface area contributed by atoms with Crippen molar-refractivity contribution < 1.29 is 27.1 Å². The van der Waals surface area contributed by atoms with Gasteiger partial charge in [-0.25, -0.2) is 17.2 Å². The second-order valence-electron chi connectivity index (χ2n) is 5.19. The Kier molecular flexibility index (Phi) is 4.51. The summed E-state index contributed by atoms with van der Waals surface area (Å²) in [5.74, 6) is -3.03. The fourth-order valence-corrected chi connectivity index (χ4v) is 2.78. The highest BCUT2D eigenvalue weighted by Gasteiger charge is 2.21. The Morgan fingerprint density at radius 2 is 1.96 bits per heavy atom. The lowest BCUT2D eigenvalue weighted by Crippen LogP contribution is -2.22. The molecule has 0 saturated heterocycles. The van der Waals surface area contributed by atoms with Crippen LogP contribution in [0.25, 0.3) is 11.1 Å². The molecule has 1 aromatic carbocycles.